The second-order valence-corrected chi connectivity index (χ2v) is 3.27. The highest BCUT2D eigenvalue weighted by Crippen LogP contribution is 2.11. The van der Waals surface area contributed by atoms with Crippen LogP contribution in [0.15, 0.2) is 39.5 Å². The van der Waals surface area contributed by atoms with Crippen LogP contribution in [0.5, 0.6) is 0 Å². The lowest BCUT2D eigenvalue weighted by Crippen LogP contribution is -2.01. The molecule has 0 saturated carbocycles. The molecule has 4 heteroatoms. The van der Waals surface area contributed by atoms with Crippen molar-refractivity contribution in [1.29, 1.82) is 0 Å². The second-order valence-electron chi connectivity index (χ2n) is 3.27. The van der Waals surface area contributed by atoms with Crippen LogP contribution in [0.2, 0.25) is 0 Å². The average molecular weight is 220 g/mol. The summed E-state index contributed by atoms with van der Waals surface area (Å²) in [7, 11) is 0. The van der Waals surface area contributed by atoms with Gasteiger partial charge < -0.3 is 9.52 Å². The van der Waals surface area contributed by atoms with E-state index in [0.717, 1.165) is 12.3 Å². The molecule has 1 aromatic carbocycles. The number of carbonyl (C=O) groups is 1. The largest absolute Gasteiger partial charge is 0.481 e. The second kappa shape index (κ2) is 5.11. The Morgan fingerprint density at radius 2 is 1.88 bits per heavy atom. The van der Waals surface area contributed by atoms with Crippen LogP contribution >= 0.6 is 0 Å². The molecule has 0 aliphatic rings. The standard InChI is InChI=1S/C10H8O2.C2H4O2/c1-7-6-8-4-2-3-5-9(8)12-10(7)11;1-2(3)4/h2-6H,1H3;1H3,(H,3,4). The van der Waals surface area contributed by atoms with Crippen molar-refractivity contribution in [2.75, 3.05) is 0 Å². The molecule has 0 radical (unpaired) electrons. The highest BCUT2D eigenvalue weighted by molar-refractivity contribution is 5.76. The Balaban J connectivity index is 0.000000280. The first-order chi connectivity index (χ1) is 7.50. The molecule has 0 amide bonds. The lowest BCUT2D eigenvalue weighted by atomic mass is 10.2. The number of carboxylic acids is 1. The van der Waals surface area contributed by atoms with Crippen molar-refractivity contribution >= 4 is 16.9 Å². The van der Waals surface area contributed by atoms with E-state index >= 15 is 0 Å². The summed E-state index contributed by atoms with van der Waals surface area (Å²) in [6, 6.07) is 9.31. The lowest BCUT2D eigenvalue weighted by Gasteiger charge is -1.95. The van der Waals surface area contributed by atoms with Gasteiger partial charge in [-0.1, -0.05) is 18.2 Å². The van der Waals surface area contributed by atoms with Crippen LogP contribution < -0.4 is 5.63 Å². The fraction of sp³-hybridized carbons (Fsp3) is 0.167. The number of carboxylic acid groups (broad SMARTS) is 1. The fourth-order valence-electron chi connectivity index (χ4n) is 1.17. The van der Waals surface area contributed by atoms with E-state index in [0.29, 0.717) is 11.1 Å². The smallest absolute Gasteiger partial charge is 0.339 e. The first kappa shape index (κ1) is 12.0. The van der Waals surface area contributed by atoms with E-state index < -0.39 is 5.97 Å². The summed E-state index contributed by atoms with van der Waals surface area (Å²) in [5.74, 6) is -0.833. The van der Waals surface area contributed by atoms with Crippen molar-refractivity contribution < 1.29 is 14.3 Å². The maximum Gasteiger partial charge on any atom is 0.339 e. The van der Waals surface area contributed by atoms with Crippen LogP contribution in [0.25, 0.3) is 11.0 Å². The van der Waals surface area contributed by atoms with Gasteiger partial charge in [0.25, 0.3) is 5.97 Å². The Labute approximate surface area is 92.1 Å². The molecule has 16 heavy (non-hydrogen) atoms. The highest BCUT2D eigenvalue weighted by atomic mass is 16.4. The predicted octanol–water partition coefficient (Wildman–Crippen LogP) is 2.19. The van der Waals surface area contributed by atoms with Crippen LogP contribution in [-0.4, -0.2) is 11.1 Å². The van der Waals surface area contributed by atoms with Gasteiger partial charge in [0.2, 0.25) is 0 Å². The Morgan fingerprint density at radius 1 is 1.31 bits per heavy atom. The third kappa shape index (κ3) is 3.24. The predicted molar refractivity (Wildman–Crippen MR) is 60.5 cm³/mol. The van der Waals surface area contributed by atoms with E-state index in [2.05, 4.69) is 0 Å². The zero-order chi connectivity index (χ0) is 12.1. The Bertz CT molecular complexity index is 550. The summed E-state index contributed by atoms with van der Waals surface area (Å²) in [5, 5.41) is 8.38. The zero-order valence-electron chi connectivity index (χ0n) is 9.06. The molecule has 0 saturated heterocycles. The number of fused-ring (bicyclic) bond motifs is 1. The van der Waals surface area contributed by atoms with Gasteiger partial charge in [-0.25, -0.2) is 4.79 Å². The van der Waals surface area contributed by atoms with Gasteiger partial charge in [0, 0.05) is 17.9 Å². The van der Waals surface area contributed by atoms with E-state index in [9.17, 15) is 4.79 Å². The summed E-state index contributed by atoms with van der Waals surface area (Å²) in [6.07, 6.45) is 0. The Morgan fingerprint density at radius 3 is 2.50 bits per heavy atom. The molecule has 0 bridgehead atoms. The van der Waals surface area contributed by atoms with E-state index in [-0.39, 0.29) is 5.63 Å². The van der Waals surface area contributed by atoms with Crippen molar-refractivity contribution in [2.45, 2.75) is 13.8 Å². The molecule has 1 N–H and O–H groups in total. The first-order valence-electron chi connectivity index (χ1n) is 4.69. The third-order valence-electron chi connectivity index (χ3n) is 1.82. The minimum absolute atomic E-state index is 0.256. The normalized spacial score (nSPS) is 9.38. The van der Waals surface area contributed by atoms with Crippen molar-refractivity contribution in [3.8, 4) is 0 Å². The number of benzene rings is 1. The monoisotopic (exact) mass is 220 g/mol. The maximum absolute atomic E-state index is 11.1. The van der Waals surface area contributed by atoms with Gasteiger partial charge in [-0.05, 0) is 19.1 Å². The summed E-state index contributed by atoms with van der Waals surface area (Å²) >= 11 is 0. The fourth-order valence-corrected chi connectivity index (χ4v) is 1.17. The summed E-state index contributed by atoms with van der Waals surface area (Å²) in [4.78, 5) is 20.1. The number of hydrogen-bond donors (Lipinski definition) is 1. The molecule has 0 spiro atoms. The van der Waals surface area contributed by atoms with Gasteiger partial charge in [0.05, 0.1) is 0 Å². The van der Waals surface area contributed by atoms with Crippen molar-refractivity contribution in [3.63, 3.8) is 0 Å². The minimum atomic E-state index is -0.833. The summed E-state index contributed by atoms with van der Waals surface area (Å²) in [6.45, 7) is 2.83. The molecule has 1 aromatic heterocycles. The van der Waals surface area contributed by atoms with Gasteiger partial charge in [-0.2, -0.15) is 0 Å². The topological polar surface area (TPSA) is 67.5 Å². The zero-order valence-corrected chi connectivity index (χ0v) is 9.06. The van der Waals surface area contributed by atoms with E-state index in [4.69, 9.17) is 14.3 Å². The van der Waals surface area contributed by atoms with Crippen LogP contribution in [0.4, 0.5) is 0 Å². The van der Waals surface area contributed by atoms with Crippen molar-refractivity contribution in [1.82, 2.24) is 0 Å². The highest BCUT2D eigenvalue weighted by Gasteiger charge is 1.98. The number of para-hydroxylation sites is 1. The van der Waals surface area contributed by atoms with Crippen LogP contribution in [0.1, 0.15) is 12.5 Å². The molecule has 0 aliphatic heterocycles. The van der Waals surface area contributed by atoms with E-state index in [1.165, 1.54) is 0 Å². The van der Waals surface area contributed by atoms with Gasteiger partial charge in [-0.15, -0.1) is 0 Å². The lowest BCUT2D eigenvalue weighted by molar-refractivity contribution is -0.134. The molecule has 4 nitrogen and oxygen atoms in total. The van der Waals surface area contributed by atoms with Crippen LogP contribution in [-0.2, 0) is 4.79 Å². The molecular weight excluding hydrogens is 208 g/mol. The molecule has 0 fully saturated rings. The van der Waals surface area contributed by atoms with Gasteiger partial charge in [0.1, 0.15) is 5.58 Å². The first-order valence-corrected chi connectivity index (χ1v) is 4.69. The molecule has 2 aromatic rings. The maximum atomic E-state index is 11.1. The summed E-state index contributed by atoms with van der Waals surface area (Å²) < 4.78 is 5.04. The summed E-state index contributed by atoms with van der Waals surface area (Å²) in [5.41, 5.74) is 1.04. The molecule has 0 unspecified atom stereocenters. The SMILES string of the molecule is CC(=O)O.Cc1cc2ccccc2oc1=O. The number of rotatable bonds is 0. The molecule has 0 aliphatic carbocycles. The van der Waals surface area contributed by atoms with Gasteiger partial charge >= 0.3 is 5.63 Å². The molecule has 84 valence electrons. The average Bonchev–Trinajstić information content (AvgIpc) is 2.19. The quantitative estimate of drug-likeness (QED) is 0.691. The van der Waals surface area contributed by atoms with Crippen LogP contribution in [0.3, 0.4) is 0 Å². The molecule has 1 heterocycles. The van der Waals surface area contributed by atoms with Gasteiger partial charge in [-0.3, -0.25) is 4.79 Å². The third-order valence-corrected chi connectivity index (χ3v) is 1.82. The number of hydrogen-bond acceptors (Lipinski definition) is 3. The Hall–Kier alpha value is -2.10. The number of aryl methyl sites for hydroxylation is 1. The molecule has 2 rings (SSSR count). The number of aliphatic carboxylic acids is 1. The van der Waals surface area contributed by atoms with E-state index in [1.54, 1.807) is 13.0 Å². The molecule has 0 atom stereocenters. The minimum Gasteiger partial charge on any atom is -0.481 e. The Kier molecular flexibility index (Phi) is 3.83. The van der Waals surface area contributed by atoms with Crippen LogP contribution in [0, 0.1) is 6.92 Å². The van der Waals surface area contributed by atoms with Crippen molar-refractivity contribution in [2.24, 2.45) is 0 Å². The van der Waals surface area contributed by atoms with Crippen molar-refractivity contribution in [3.05, 3.63) is 46.3 Å². The molecular formula is C12H12O4. The van der Waals surface area contributed by atoms with Gasteiger partial charge in [0.15, 0.2) is 0 Å². The van der Waals surface area contributed by atoms with E-state index in [1.807, 2.05) is 24.3 Å².